The van der Waals surface area contributed by atoms with E-state index in [-0.39, 0.29) is 17.4 Å². The third-order valence-corrected chi connectivity index (χ3v) is 5.69. The number of nitrogens with one attached hydrogen (secondary N) is 1. The van der Waals surface area contributed by atoms with E-state index < -0.39 is 6.43 Å². The third kappa shape index (κ3) is 6.22. The summed E-state index contributed by atoms with van der Waals surface area (Å²) in [4.78, 5) is 21.5. The van der Waals surface area contributed by atoms with E-state index in [9.17, 15) is 13.6 Å². The molecule has 1 N–H and O–H groups in total. The number of halogens is 3. The summed E-state index contributed by atoms with van der Waals surface area (Å²) in [5.74, 6) is -0.00907. The fraction of sp³-hybridized carbons (Fsp3) is 0.400. The Bertz CT molecular complexity index is 1030. The van der Waals surface area contributed by atoms with E-state index in [1.165, 1.54) is 12.1 Å². The smallest absolute Gasteiger partial charge is 0.264 e. The highest BCUT2D eigenvalue weighted by Crippen LogP contribution is 2.35. The number of hydrogen-bond acceptors (Lipinski definition) is 3. The lowest BCUT2D eigenvalue weighted by Crippen LogP contribution is -2.27. The molecule has 1 atom stereocenters. The van der Waals surface area contributed by atoms with Crippen molar-refractivity contribution in [2.75, 3.05) is 6.54 Å². The second-order valence-corrected chi connectivity index (χ2v) is 8.49. The lowest BCUT2D eigenvalue weighted by molar-refractivity contribution is -0.116. The molecule has 0 bridgehead atoms. The highest BCUT2D eigenvalue weighted by Gasteiger charge is 2.20. The minimum atomic E-state index is -2.65. The third-order valence-electron chi connectivity index (χ3n) is 5.28. The van der Waals surface area contributed by atoms with E-state index in [4.69, 9.17) is 11.6 Å². The molecule has 0 spiro atoms. The molecule has 2 rings (SSSR count). The molecular formula is C25H30ClF2N3O. The highest BCUT2D eigenvalue weighted by atomic mass is 35.5. The SMILES string of the molecule is CC/C(N=CC(=C(C)C)c1c(C(F)F)ccc(Cl)c1C)=C(/C)C(=O)NC1=CC(C)CN=C1. The Kier molecular flexibility index (Phi) is 9.08. The highest BCUT2D eigenvalue weighted by molar-refractivity contribution is 6.32. The van der Waals surface area contributed by atoms with Crippen molar-refractivity contribution >= 4 is 35.5 Å². The minimum absolute atomic E-state index is 0.0938. The Morgan fingerprint density at radius 3 is 2.59 bits per heavy atom. The van der Waals surface area contributed by atoms with Gasteiger partial charge in [0.15, 0.2) is 0 Å². The zero-order valence-corrected chi connectivity index (χ0v) is 20.1. The maximum atomic E-state index is 13.7. The van der Waals surface area contributed by atoms with Crippen LogP contribution in [0.15, 0.2) is 50.7 Å². The standard InChI is InChI=1S/C25H30ClF2N3O/c1-7-22(17(6)25(32)31-18-10-15(4)11-29-12-18)30-13-20(14(2)3)23-16(5)21(26)9-8-19(23)24(27)28/h8-10,12-13,15,24H,7,11H2,1-6H3,(H,31,32)/b22-17+,30-13?. The van der Waals surface area contributed by atoms with Gasteiger partial charge in [0.05, 0.1) is 5.70 Å². The summed E-state index contributed by atoms with van der Waals surface area (Å²) in [6, 6.07) is 2.83. The number of rotatable bonds is 7. The van der Waals surface area contributed by atoms with Crippen LogP contribution in [0.4, 0.5) is 8.78 Å². The molecule has 1 aromatic carbocycles. The number of nitrogens with zero attached hydrogens (tertiary/aromatic N) is 2. The molecule has 7 heteroatoms. The lowest BCUT2D eigenvalue weighted by atomic mass is 9.93. The molecule has 172 valence electrons. The van der Waals surface area contributed by atoms with Crippen LogP contribution in [0.2, 0.25) is 5.02 Å². The molecular weight excluding hydrogens is 432 g/mol. The van der Waals surface area contributed by atoms with Gasteiger partial charge in [0.1, 0.15) is 0 Å². The van der Waals surface area contributed by atoms with Crippen LogP contribution < -0.4 is 5.32 Å². The molecule has 1 heterocycles. The fourth-order valence-electron chi connectivity index (χ4n) is 3.44. The number of amides is 1. The Labute approximate surface area is 193 Å². The van der Waals surface area contributed by atoms with Gasteiger partial charge in [-0.2, -0.15) is 0 Å². The maximum Gasteiger partial charge on any atom is 0.264 e. The van der Waals surface area contributed by atoms with Crippen molar-refractivity contribution in [1.29, 1.82) is 0 Å². The van der Waals surface area contributed by atoms with E-state index in [0.29, 0.717) is 51.7 Å². The first-order chi connectivity index (χ1) is 15.1. The van der Waals surface area contributed by atoms with Crippen LogP contribution in [0.25, 0.3) is 5.57 Å². The Balaban J connectivity index is 2.43. The van der Waals surface area contributed by atoms with E-state index in [2.05, 4.69) is 15.3 Å². The molecule has 0 saturated carbocycles. The average molecular weight is 462 g/mol. The van der Waals surface area contributed by atoms with Crippen molar-refractivity contribution in [3.63, 3.8) is 0 Å². The van der Waals surface area contributed by atoms with Gasteiger partial charge in [-0.3, -0.25) is 14.8 Å². The summed E-state index contributed by atoms with van der Waals surface area (Å²) in [7, 11) is 0. The zero-order valence-electron chi connectivity index (χ0n) is 19.4. The zero-order chi connectivity index (χ0) is 24.0. The molecule has 0 aromatic heterocycles. The average Bonchev–Trinajstić information content (AvgIpc) is 2.73. The first-order valence-electron chi connectivity index (χ1n) is 10.6. The molecule has 1 aromatic rings. The Morgan fingerprint density at radius 1 is 1.34 bits per heavy atom. The molecule has 32 heavy (non-hydrogen) atoms. The molecule has 1 aliphatic heterocycles. The van der Waals surface area contributed by atoms with Gasteiger partial charge in [-0.25, -0.2) is 8.78 Å². The largest absolute Gasteiger partial charge is 0.321 e. The summed E-state index contributed by atoms with van der Waals surface area (Å²) in [5.41, 5.74) is 3.93. The van der Waals surface area contributed by atoms with Crippen LogP contribution in [0.1, 0.15) is 64.2 Å². The first-order valence-corrected chi connectivity index (χ1v) is 11.0. The van der Waals surface area contributed by atoms with Crippen LogP contribution in [0, 0.1) is 12.8 Å². The predicted molar refractivity (Wildman–Crippen MR) is 130 cm³/mol. The summed E-state index contributed by atoms with van der Waals surface area (Å²) >= 11 is 6.23. The maximum absolute atomic E-state index is 13.7. The quantitative estimate of drug-likeness (QED) is 0.350. The topological polar surface area (TPSA) is 53.8 Å². The van der Waals surface area contributed by atoms with E-state index in [1.807, 2.05) is 33.8 Å². The number of aliphatic imine (C=N–C) groups is 2. The number of carbonyl (C=O) groups is 1. The molecule has 0 aliphatic carbocycles. The molecule has 4 nitrogen and oxygen atoms in total. The van der Waals surface area contributed by atoms with Crippen molar-refractivity contribution in [2.24, 2.45) is 15.9 Å². The minimum Gasteiger partial charge on any atom is -0.321 e. The summed E-state index contributed by atoms with van der Waals surface area (Å²) in [6.07, 6.45) is 3.02. The van der Waals surface area contributed by atoms with Gasteiger partial charge in [-0.15, -0.1) is 0 Å². The van der Waals surface area contributed by atoms with Crippen molar-refractivity contribution in [2.45, 2.75) is 54.4 Å². The van der Waals surface area contributed by atoms with E-state index >= 15 is 0 Å². The van der Waals surface area contributed by atoms with Gasteiger partial charge in [-0.05, 0) is 62.8 Å². The van der Waals surface area contributed by atoms with Crippen molar-refractivity contribution in [1.82, 2.24) is 5.32 Å². The van der Waals surface area contributed by atoms with Gasteiger partial charge >= 0.3 is 0 Å². The first kappa shape index (κ1) is 25.7. The van der Waals surface area contributed by atoms with Crippen LogP contribution in [-0.2, 0) is 4.79 Å². The van der Waals surface area contributed by atoms with Crippen molar-refractivity contribution in [3.05, 3.63) is 62.5 Å². The molecule has 0 radical (unpaired) electrons. The predicted octanol–water partition coefficient (Wildman–Crippen LogP) is 6.85. The van der Waals surface area contributed by atoms with E-state index in [1.54, 1.807) is 26.3 Å². The second kappa shape index (κ2) is 11.3. The number of alkyl halides is 2. The monoisotopic (exact) mass is 461 g/mol. The van der Waals surface area contributed by atoms with E-state index in [0.717, 1.165) is 5.57 Å². The normalized spacial score (nSPS) is 16.8. The van der Waals surface area contributed by atoms with Crippen LogP contribution in [-0.4, -0.2) is 24.9 Å². The summed E-state index contributed by atoms with van der Waals surface area (Å²) < 4.78 is 27.4. The molecule has 0 fully saturated rings. The van der Waals surface area contributed by atoms with Gasteiger partial charge in [0.25, 0.3) is 12.3 Å². The van der Waals surface area contributed by atoms with Crippen LogP contribution >= 0.6 is 11.6 Å². The lowest BCUT2D eigenvalue weighted by Gasteiger charge is -2.16. The van der Waals surface area contributed by atoms with Gasteiger partial charge < -0.3 is 5.32 Å². The van der Waals surface area contributed by atoms with Gasteiger partial charge in [0.2, 0.25) is 0 Å². The molecule has 1 unspecified atom stereocenters. The summed E-state index contributed by atoms with van der Waals surface area (Å²) in [5, 5.41) is 3.27. The molecule has 1 amide bonds. The number of dihydropyridines is 1. The second-order valence-electron chi connectivity index (χ2n) is 8.08. The Hall–Kier alpha value is -2.60. The molecule has 0 saturated heterocycles. The number of carbonyl (C=O) groups excluding carboxylic acids is 1. The fourth-order valence-corrected chi connectivity index (χ4v) is 3.59. The van der Waals surface area contributed by atoms with Crippen LogP contribution in [0.3, 0.4) is 0 Å². The Morgan fingerprint density at radius 2 is 2.03 bits per heavy atom. The number of hydrogen-bond donors (Lipinski definition) is 1. The van der Waals surface area contributed by atoms with Crippen molar-refractivity contribution < 1.29 is 13.6 Å². The van der Waals surface area contributed by atoms with Crippen LogP contribution in [0.5, 0.6) is 0 Å². The summed E-state index contributed by atoms with van der Waals surface area (Å²) in [6.45, 7) is 11.7. The van der Waals surface area contributed by atoms with Gasteiger partial charge in [0, 0.05) is 40.8 Å². The molecule has 1 aliphatic rings. The van der Waals surface area contributed by atoms with Crippen molar-refractivity contribution in [3.8, 4) is 0 Å². The van der Waals surface area contributed by atoms with Gasteiger partial charge in [-0.1, -0.05) is 43.2 Å². The number of allylic oxidation sites excluding steroid dienone is 4. The number of benzene rings is 1.